The van der Waals surface area contributed by atoms with E-state index in [0.29, 0.717) is 16.5 Å². The second kappa shape index (κ2) is 5.65. The maximum Gasteiger partial charge on any atom is 0.347 e. The Morgan fingerprint density at radius 1 is 1.05 bits per heavy atom. The van der Waals surface area contributed by atoms with Gasteiger partial charge in [-0.3, -0.25) is 0 Å². The number of carboxylic acid groups (broad SMARTS) is 1. The lowest BCUT2D eigenvalue weighted by Gasteiger charge is -2.00. The minimum absolute atomic E-state index is 0.129. The molecule has 2 aromatic carbocycles. The number of aromatic carboxylic acids is 1. The number of nitrogens with zero attached hydrogens (tertiary/aromatic N) is 1. The highest BCUT2D eigenvalue weighted by Crippen LogP contribution is 2.13. The molecule has 0 unspecified atom stereocenters. The van der Waals surface area contributed by atoms with Crippen molar-refractivity contribution in [2.24, 2.45) is 0 Å². The minimum atomic E-state index is -1.02. The van der Waals surface area contributed by atoms with Gasteiger partial charge in [0.05, 0.1) is 16.5 Å². The summed E-state index contributed by atoms with van der Waals surface area (Å²) in [4.78, 5) is 27.2. The number of rotatable bonds is 3. The largest absolute Gasteiger partial charge is 0.478 e. The van der Waals surface area contributed by atoms with Crippen LogP contribution >= 0.6 is 0 Å². The number of benzene rings is 2. The van der Waals surface area contributed by atoms with Crippen molar-refractivity contribution in [2.75, 3.05) is 0 Å². The number of hydrogen-bond acceptors (Lipinski definition) is 4. The predicted octanol–water partition coefficient (Wildman–Crippen LogP) is 3.06. The van der Waals surface area contributed by atoms with Crippen LogP contribution in [0.1, 0.15) is 21.8 Å². The van der Waals surface area contributed by atoms with Crippen LogP contribution in [-0.4, -0.2) is 16.1 Å². The Morgan fingerprint density at radius 2 is 1.77 bits per heavy atom. The minimum Gasteiger partial charge on any atom is -0.478 e. The van der Waals surface area contributed by atoms with E-state index in [2.05, 4.69) is 4.98 Å². The Labute approximate surface area is 125 Å². The third-order valence-electron chi connectivity index (χ3n) is 3.15. The van der Waals surface area contributed by atoms with Gasteiger partial charge in [0.2, 0.25) is 5.89 Å². The van der Waals surface area contributed by atoms with Crippen LogP contribution in [0.3, 0.4) is 0 Å². The first-order chi connectivity index (χ1) is 10.6. The summed E-state index contributed by atoms with van der Waals surface area (Å²) in [7, 11) is 0. The second-order valence-electron chi connectivity index (χ2n) is 4.58. The molecule has 1 aromatic heterocycles. The molecule has 1 N–H and O–H groups in total. The van der Waals surface area contributed by atoms with Gasteiger partial charge in [0.15, 0.2) is 0 Å². The SMILES string of the molecule is O=C(O)c1ccccc1C=Cc1nc2ccccc2c(=O)o1. The number of aromatic nitrogens is 1. The van der Waals surface area contributed by atoms with Crippen molar-refractivity contribution in [3.8, 4) is 0 Å². The molecular weight excluding hydrogens is 282 g/mol. The van der Waals surface area contributed by atoms with Gasteiger partial charge in [-0.1, -0.05) is 30.3 Å². The summed E-state index contributed by atoms with van der Waals surface area (Å²) >= 11 is 0. The monoisotopic (exact) mass is 293 g/mol. The van der Waals surface area contributed by atoms with E-state index >= 15 is 0 Å². The number of para-hydroxylation sites is 1. The number of carboxylic acids is 1. The summed E-state index contributed by atoms with van der Waals surface area (Å²) in [6, 6.07) is 13.4. The second-order valence-corrected chi connectivity index (χ2v) is 4.58. The molecule has 0 saturated carbocycles. The van der Waals surface area contributed by atoms with Crippen molar-refractivity contribution in [3.63, 3.8) is 0 Å². The Kier molecular flexibility index (Phi) is 3.53. The average Bonchev–Trinajstić information content (AvgIpc) is 2.53. The average molecular weight is 293 g/mol. The van der Waals surface area contributed by atoms with Gasteiger partial charge in [0.1, 0.15) is 0 Å². The molecule has 0 aliphatic rings. The van der Waals surface area contributed by atoms with Gasteiger partial charge < -0.3 is 9.52 Å². The summed E-state index contributed by atoms with van der Waals surface area (Å²) in [6.45, 7) is 0. The molecule has 0 saturated heterocycles. The van der Waals surface area contributed by atoms with Crippen LogP contribution in [0.25, 0.3) is 23.1 Å². The van der Waals surface area contributed by atoms with Crippen LogP contribution in [0, 0.1) is 0 Å². The Hall–Kier alpha value is -3.21. The van der Waals surface area contributed by atoms with E-state index in [0.717, 1.165) is 0 Å². The van der Waals surface area contributed by atoms with Gasteiger partial charge >= 0.3 is 11.6 Å². The molecule has 5 heteroatoms. The molecule has 0 aliphatic heterocycles. The van der Waals surface area contributed by atoms with Crippen LogP contribution < -0.4 is 5.63 Å². The third-order valence-corrected chi connectivity index (χ3v) is 3.15. The maximum atomic E-state index is 11.9. The van der Waals surface area contributed by atoms with Crippen molar-refractivity contribution in [3.05, 3.63) is 76.0 Å². The Balaban J connectivity index is 2.03. The molecule has 0 atom stereocenters. The van der Waals surface area contributed by atoms with E-state index in [1.807, 2.05) is 0 Å². The summed E-state index contributed by atoms with van der Waals surface area (Å²) < 4.78 is 5.11. The molecule has 0 aliphatic carbocycles. The van der Waals surface area contributed by atoms with Crippen molar-refractivity contribution >= 4 is 29.0 Å². The zero-order valence-corrected chi connectivity index (χ0v) is 11.4. The molecule has 3 aromatic rings. The quantitative estimate of drug-likeness (QED) is 0.802. The molecule has 0 spiro atoms. The first-order valence-corrected chi connectivity index (χ1v) is 6.55. The number of fused-ring (bicyclic) bond motifs is 1. The first kappa shape index (κ1) is 13.8. The summed E-state index contributed by atoms with van der Waals surface area (Å²) in [5.74, 6) is -0.892. The van der Waals surface area contributed by atoms with E-state index in [1.54, 1.807) is 48.5 Å². The van der Waals surface area contributed by atoms with Crippen molar-refractivity contribution in [1.82, 2.24) is 4.98 Å². The van der Waals surface area contributed by atoms with Crippen LogP contribution in [0.4, 0.5) is 0 Å². The van der Waals surface area contributed by atoms with Crippen LogP contribution in [-0.2, 0) is 0 Å². The third kappa shape index (κ3) is 2.64. The van der Waals surface area contributed by atoms with E-state index in [4.69, 9.17) is 9.52 Å². The van der Waals surface area contributed by atoms with E-state index < -0.39 is 11.6 Å². The smallest absolute Gasteiger partial charge is 0.347 e. The van der Waals surface area contributed by atoms with Crippen molar-refractivity contribution in [1.29, 1.82) is 0 Å². The van der Waals surface area contributed by atoms with Crippen molar-refractivity contribution in [2.45, 2.75) is 0 Å². The first-order valence-electron chi connectivity index (χ1n) is 6.55. The molecule has 22 heavy (non-hydrogen) atoms. The normalized spacial score (nSPS) is 11.1. The fraction of sp³-hybridized carbons (Fsp3) is 0. The molecule has 5 nitrogen and oxygen atoms in total. The lowest BCUT2D eigenvalue weighted by Crippen LogP contribution is -2.02. The Bertz CT molecular complexity index is 941. The van der Waals surface area contributed by atoms with Gasteiger partial charge in [0, 0.05) is 6.08 Å². The lowest BCUT2D eigenvalue weighted by atomic mass is 10.1. The highest BCUT2D eigenvalue weighted by molar-refractivity contribution is 5.93. The standard InChI is InChI=1S/C17H11NO4/c19-16(20)12-6-2-1-5-11(12)9-10-15-18-14-8-4-3-7-13(14)17(21)22-15/h1-10H,(H,19,20). The van der Waals surface area contributed by atoms with Crippen LogP contribution in [0.2, 0.25) is 0 Å². The van der Waals surface area contributed by atoms with Crippen LogP contribution in [0.5, 0.6) is 0 Å². The molecule has 1 heterocycles. The molecule has 0 radical (unpaired) electrons. The molecule has 0 fully saturated rings. The molecule has 0 bridgehead atoms. The van der Waals surface area contributed by atoms with Gasteiger partial charge in [-0.25, -0.2) is 14.6 Å². The highest BCUT2D eigenvalue weighted by Gasteiger charge is 2.07. The predicted molar refractivity (Wildman–Crippen MR) is 82.6 cm³/mol. The lowest BCUT2D eigenvalue weighted by molar-refractivity contribution is 0.0696. The van der Waals surface area contributed by atoms with Gasteiger partial charge in [-0.2, -0.15) is 0 Å². The van der Waals surface area contributed by atoms with Crippen molar-refractivity contribution < 1.29 is 14.3 Å². The molecule has 0 amide bonds. The number of carbonyl (C=O) groups is 1. The zero-order valence-electron chi connectivity index (χ0n) is 11.4. The van der Waals surface area contributed by atoms with Gasteiger partial charge in [-0.15, -0.1) is 0 Å². The molecule has 3 rings (SSSR count). The van der Waals surface area contributed by atoms with Crippen LogP contribution in [0.15, 0.2) is 57.7 Å². The number of hydrogen-bond donors (Lipinski definition) is 1. The van der Waals surface area contributed by atoms with Gasteiger partial charge in [0.25, 0.3) is 0 Å². The fourth-order valence-electron chi connectivity index (χ4n) is 2.10. The molecular formula is C17H11NO4. The summed E-state index contributed by atoms with van der Waals surface area (Å²) in [5.41, 5.74) is 0.733. The van der Waals surface area contributed by atoms with E-state index in [1.165, 1.54) is 12.1 Å². The fourth-order valence-corrected chi connectivity index (χ4v) is 2.10. The Morgan fingerprint density at radius 3 is 2.59 bits per heavy atom. The summed E-state index contributed by atoms with van der Waals surface area (Å²) in [5, 5.41) is 9.53. The topological polar surface area (TPSA) is 80.4 Å². The zero-order chi connectivity index (χ0) is 15.5. The van der Waals surface area contributed by atoms with E-state index in [-0.39, 0.29) is 11.5 Å². The maximum absolute atomic E-state index is 11.9. The van der Waals surface area contributed by atoms with E-state index in [9.17, 15) is 9.59 Å². The highest BCUT2D eigenvalue weighted by atomic mass is 16.4. The summed E-state index contributed by atoms with van der Waals surface area (Å²) in [6.07, 6.45) is 3.04. The van der Waals surface area contributed by atoms with Gasteiger partial charge in [-0.05, 0) is 29.8 Å². The molecule has 108 valence electrons.